The van der Waals surface area contributed by atoms with Gasteiger partial charge in [0.15, 0.2) is 6.10 Å². The third kappa shape index (κ3) is 4.89. The number of benzene rings is 2. The predicted octanol–water partition coefficient (Wildman–Crippen LogP) is 3.29. The van der Waals surface area contributed by atoms with Crippen molar-refractivity contribution in [3.63, 3.8) is 0 Å². The first-order valence-electron chi connectivity index (χ1n) is 7.01. The van der Waals surface area contributed by atoms with E-state index < -0.39 is 12.0 Å². The number of nitrogens with two attached hydrogens (primary N) is 1. The number of halogens is 1. The second kappa shape index (κ2) is 7.87. The second-order valence-corrected chi connectivity index (χ2v) is 5.73. The fourth-order valence-corrected chi connectivity index (χ4v) is 2.19. The third-order valence-electron chi connectivity index (χ3n) is 3.18. The number of hydrogen-bond acceptors (Lipinski definition) is 4. The zero-order valence-electron chi connectivity index (χ0n) is 12.9. The lowest BCUT2D eigenvalue weighted by atomic mass is 10.2. The Hall–Kier alpha value is -2.21. The van der Waals surface area contributed by atoms with E-state index in [0.29, 0.717) is 18.1 Å². The maximum atomic E-state index is 11.0. The summed E-state index contributed by atoms with van der Waals surface area (Å²) in [7, 11) is 1.62. The topological polar surface area (TPSA) is 70.8 Å². The molecule has 0 heterocycles. The summed E-state index contributed by atoms with van der Waals surface area (Å²) in [5.74, 6) is 1.52. The van der Waals surface area contributed by atoms with E-state index in [1.807, 2.05) is 18.2 Å². The molecule has 0 bridgehead atoms. The van der Waals surface area contributed by atoms with Crippen molar-refractivity contribution in [3.8, 4) is 17.2 Å². The normalized spacial score (nSPS) is 11.6. The number of hydrogen-bond donors (Lipinski definition) is 1. The van der Waals surface area contributed by atoms with Crippen molar-refractivity contribution >= 4 is 21.8 Å². The average Bonchev–Trinajstić information content (AvgIpc) is 2.55. The van der Waals surface area contributed by atoms with Crippen LogP contribution in [0.25, 0.3) is 0 Å². The molecule has 2 aromatic rings. The molecule has 0 aliphatic carbocycles. The maximum Gasteiger partial charge on any atom is 0.258 e. The summed E-state index contributed by atoms with van der Waals surface area (Å²) in [5, 5.41) is 0. The van der Waals surface area contributed by atoms with Gasteiger partial charge >= 0.3 is 0 Å². The summed E-state index contributed by atoms with van der Waals surface area (Å²) in [6.07, 6.45) is -0.672. The third-order valence-corrected chi connectivity index (χ3v) is 3.96. The van der Waals surface area contributed by atoms with Gasteiger partial charge in [0, 0.05) is 10.0 Å². The van der Waals surface area contributed by atoms with Gasteiger partial charge in [0.2, 0.25) is 0 Å². The molecule has 0 fully saturated rings. The first kappa shape index (κ1) is 17.1. The Morgan fingerprint density at radius 2 is 1.74 bits per heavy atom. The number of ether oxygens (including phenoxy) is 3. The van der Waals surface area contributed by atoms with Gasteiger partial charge in [-0.25, -0.2) is 0 Å². The number of carbonyl (C=O) groups is 1. The van der Waals surface area contributed by atoms with Gasteiger partial charge < -0.3 is 19.9 Å². The molecule has 0 aromatic heterocycles. The van der Waals surface area contributed by atoms with Gasteiger partial charge in [-0.05, 0) is 49.4 Å². The molecule has 0 spiro atoms. The Kier molecular flexibility index (Phi) is 5.87. The van der Waals surface area contributed by atoms with Crippen LogP contribution in [0.4, 0.5) is 0 Å². The zero-order chi connectivity index (χ0) is 16.8. The quantitative estimate of drug-likeness (QED) is 0.800. The van der Waals surface area contributed by atoms with Crippen LogP contribution in [0.15, 0.2) is 46.9 Å². The predicted molar refractivity (Wildman–Crippen MR) is 90.8 cm³/mol. The van der Waals surface area contributed by atoms with Crippen LogP contribution < -0.4 is 19.9 Å². The summed E-state index contributed by atoms with van der Waals surface area (Å²) in [4.78, 5) is 11.0. The van der Waals surface area contributed by atoms with Gasteiger partial charge in [-0.1, -0.05) is 15.9 Å². The average molecular weight is 380 g/mol. The molecular weight excluding hydrogens is 362 g/mol. The van der Waals surface area contributed by atoms with E-state index in [4.69, 9.17) is 19.9 Å². The summed E-state index contributed by atoms with van der Waals surface area (Å²) >= 11 is 3.49. The van der Waals surface area contributed by atoms with E-state index in [1.165, 1.54) is 0 Å². The van der Waals surface area contributed by atoms with Crippen molar-refractivity contribution in [3.05, 3.63) is 52.5 Å². The molecule has 0 unspecified atom stereocenters. The molecule has 0 aliphatic heterocycles. The second-order valence-electron chi connectivity index (χ2n) is 4.88. The van der Waals surface area contributed by atoms with Crippen LogP contribution in [-0.4, -0.2) is 19.1 Å². The van der Waals surface area contributed by atoms with Crippen molar-refractivity contribution in [1.29, 1.82) is 0 Å². The molecule has 6 heteroatoms. The molecule has 0 radical (unpaired) electrons. The van der Waals surface area contributed by atoms with Crippen LogP contribution in [0, 0.1) is 0 Å². The fraction of sp³-hybridized carbons (Fsp3) is 0.235. The van der Waals surface area contributed by atoms with Gasteiger partial charge in [0.05, 0.1) is 7.11 Å². The number of methoxy groups -OCH3 is 1. The fourth-order valence-electron chi connectivity index (χ4n) is 1.83. The highest BCUT2D eigenvalue weighted by Crippen LogP contribution is 2.25. The van der Waals surface area contributed by atoms with Crippen molar-refractivity contribution in [2.45, 2.75) is 19.6 Å². The van der Waals surface area contributed by atoms with E-state index in [9.17, 15) is 4.79 Å². The minimum Gasteiger partial charge on any atom is -0.497 e. The number of rotatable bonds is 7. The van der Waals surface area contributed by atoms with Crippen LogP contribution in [0.5, 0.6) is 17.2 Å². The van der Waals surface area contributed by atoms with E-state index in [2.05, 4.69) is 15.9 Å². The lowest BCUT2D eigenvalue weighted by Gasteiger charge is -2.12. The molecule has 122 valence electrons. The molecule has 5 nitrogen and oxygen atoms in total. The molecule has 2 N–H and O–H groups in total. The Morgan fingerprint density at radius 3 is 2.35 bits per heavy atom. The van der Waals surface area contributed by atoms with Crippen LogP contribution in [-0.2, 0) is 11.4 Å². The molecule has 0 saturated carbocycles. The molecule has 1 amide bonds. The Labute approximate surface area is 143 Å². The number of amides is 1. The monoisotopic (exact) mass is 379 g/mol. The van der Waals surface area contributed by atoms with Crippen molar-refractivity contribution < 1.29 is 19.0 Å². The Bertz CT molecular complexity index is 673. The summed E-state index contributed by atoms with van der Waals surface area (Å²) in [6.45, 7) is 2.00. The van der Waals surface area contributed by atoms with E-state index in [0.717, 1.165) is 15.8 Å². The zero-order valence-corrected chi connectivity index (χ0v) is 14.5. The van der Waals surface area contributed by atoms with Gasteiger partial charge in [-0.15, -0.1) is 0 Å². The highest BCUT2D eigenvalue weighted by Gasteiger charge is 2.10. The van der Waals surface area contributed by atoms with Gasteiger partial charge in [-0.2, -0.15) is 0 Å². The number of primary amides is 1. The van der Waals surface area contributed by atoms with Crippen molar-refractivity contribution in [2.24, 2.45) is 5.73 Å². The Balaban J connectivity index is 1.97. The molecule has 23 heavy (non-hydrogen) atoms. The molecular formula is C17H18BrNO4. The number of carbonyl (C=O) groups excluding carboxylic acids is 1. The largest absolute Gasteiger partial charge is 0.497 e. The van der Waals surface area contributed by atoms with Crippen LogP contribution in [0.1, 0.15) is 12.5 Å². The minimum atomic E-state index is -0.672. The van der Waals surface area contributed by atoms with Crippen molar-refractivity contribution in [2.75, 3.05) is 7.11 Å². The standard InChI is InChI=1S/C17H18BrNO4/c1-11(17(19)20)23-14-5-3-13(4-6-14)22-10-12-9-15(21-2)7-8-16(12)18/h3-9,11H,10H2,1-2H3,(H2,19,20)/t11-/m0/s1. The lowest BCUT2D eigenvalue weighted by molar-refractivity contribution is -0.123. The highest BCUT2D eigenvalue weighted by molar-refractivity contribution is 9.10. The van der Waals surface area contributed by atoms with E-state index in [-0.39, 0.29) is 0 Å². The van der Waals surface area contributed by atoms with Gasteiger partial charge in [0.25, 0.3) is 5.91 Å². The molecule has 2 aromatic carbocycles. The summed E-state index contributed by atoms with van der Waals surface area (Å²) in [6, 6.07) is 12.7. The van der Waals surface area contributed by atoms with Crippen molar-refractivity contribution in [1.82, 2.24) is 0 Å². The van der Waals surface area contributed by atoms with Crippen LogP contribution in [0.2, 0.25) is 0 Å². The van der Waals surface area contributed by atoms with E-state index >= 15 is 0 Å². The molecule has 0 aliphatic rings. The lowest BCUT2D eigenvalue weighted by Crippen LogP contribution is -2.30. The molecule has 0 saturated heterocycles. The first-order chi connectivity index (χ1) is 11.0. The Morgan fingerprint density at radius 1 is 1.13 bits per heavy atom. The van der Waals surface area contributed by atoms with Gasteiger partial charge in [0.1, 0.15) is 23.9 Å². The molecule has 2 rings (SSSR count). The summed E-state index contributed by atoms with van der Waals surface area (Å²) < 4.78 is 17.3. The maximum absolute atomic E-state index is 11.0. The SMILES string of the molecule is COc1ccc(Br)c(COc2ccc(O[C@@H](C)C(N)=O)cc2)c1. The van der Waals surface area contributed by atoms with Crippen LogP contribution >= 0.6 is 15.9 Å². The smallest absolute Gasteiger partial charge is 0.258 e. The molecule has 1 atom stereocenters. The van der Waals surface area contributed by atoms with Gasteiger partial charge in [-0.3, -0.25) is 4.79 Å². The summed E-state index contributed by atoms with van der Waals surface area (Å²) in [5.41, 5.74) is 6.14. The van der Waals surface area contributed by atoms with E-state index in [1.54, 1.807) is 38.3 Å². The minimum absolute atomic E-state index is 0.398. The highest BCUT2D eigenvalue weighted by atomic mass is 79.9. The first-order valence-corrected chi connectivity index (χ1v) is 7.80. The van der Waals surface area contributed by atoms with Crippen LogP contribution in [0.3, 0.4) is 0 Å².